The van der Waals surface area contributed by atoms with Crippen molar-refractivity contribution >= 4 is 11.6 Å². The van der Waals surface area contributed by atoms with Gasteiger partial charge < -0.3 is 14.8 Å². The summed E-state index contributed by atoms with van der Waals surface area (Å²) >= 11 is 0. The van der Waals surface area contributed by atoms with Crippen LogP contribution in [0.15, 0.2) is 72.9 Å². The summed E-state index contributed by atoms with van der Waals surface area (Å²) in [6.07, 6.45) is 1.70. The molecule has 3 aromatic rings. The van der Waals surface area contributed by atoms with E-state index in [0.29, 0.717) is 18.0 Å². The van der Waals surface area contributed by atoms with Crippen LogP contribution >= 0.6 is 0 Å². The molecule has 0 saturated carbocycles. The predicted molar refractivity (Wildman–Crippen MR) is 95.5 cm³/mol. The smallest absolute Gasteiger partial charge is 0.262 e. The Morgan fingerprint density at radius 3 is 2.65 bits per heavy atom. The maximum absolute atomic E-state index is 13.5. The quantitative estimate of drug-likeness (QED) is 0.702. The normalized spacial score (nSPS) is 10.2. The molecule has 0 bridgehead atoms. The molecular weight excluding hydrogens is 335 g/mol. The van der Waals surface area contributed by atoms with Crippen molar-refractivity contribution in [3.8, 4) is 11.5 Å². The third kappa shape index (κ3) is 5.04. The molecule has 2 aromatic carbocycles. The zero-order valence-corrected chi connectivity index (χ0v) is 13.9. The molecule has 0 unspecified atom stereocenters. The van der Waals surface area contributed by atoms with Crippen LogP contribution in [0.5, 0.6) is 11.5 Å². The van der Waals surface area contributed by atoms with Crippen LogP contribution in [0.1, 0.15) is 5.69 Å². The van der Waals surface area contributed by atoms with Gasteiger partial charge in [-0.15, -0.1) is 0 Å². The zero-order chi connectivity index (χ0) is 18.2. The van der Waals surface area contributed by atoms with Crippen molar-refractivity contribution in [2.75, 3.05) is 11.9 Å². The van der Waals surface area contributed by atoms with Crippen molar-refractivity contribution in [2.24, 2.45) is 0 Å². The largest absolute Gasteiger partial charge is 0.487 e. The van der Waals surface area contributed by atoms with Crippen LogP contribution in [0.3, 0.4) is 0 Å². The number of amides is 1. The van der Waals surface area contributed by atoms with Gasteiger partial charge in [0.15, 0.2) is 18.2 Å². The summed E-state index contributed by atoms with van der Waals surface area (Å²) in [4.78, 5) is 16.2. The number of aromatic nitrogens is 1. The van der Waals surface area contributed by atoms with E-state index >= 15 is 0 Å². The van der Waals surface area contributed by atoms with Crippen LogP contribution in [0.2, 0.25) is 0 Å². The van der Waals surface area contributed by atoms with Gasteiger partial charge in [0.2, 0.25) is 0 Å². The molecule has 5 nitrogen and oxygen atoms in total. The molecule has 26 heavy (non-hydrogen) atoms. The molecular formula is C20H17FN2O3. The number of nitrogens with zero attached hydrogens (tertiary/aromatic N) is 1. The highest BCUT2D eigenvalue weighted by Crippen LogP contribution is 2.19. The first-order valence-corrected chi connectivity index (χ1v) is 8.01. The molecule has 132 valence electrons. The van der Waals surface area contributed by atoms with Crippen molar-refractivity contribution in [1.82, 2.24) is 4.98 Å². The molecule has 1 heterocycles. The Morgan fingerprint density at radius 2 is 1.85 bits per heavy atom. The third-order valence-corrected chi connectivity index (χ3v) is 3.43. The van der Waals surface area contributed by atoms with Gasteiger partial charge in [0, 0.05) is 18.0 Å². The first-order valence-electron chi connectivity index (χ1n) is 8.01. The predicted octanol–water partition coefficient (Wildman–Crippen LogP) is 3.82. The van der Waals surface area contributed by atoms with Crippen LogP contribution in [-0.4, -0.2) is 17.5 Å². The molecule has 0 spiro atoms. The van der Waals surface area contributed by atoms with Crippen molar-refractivity contribution in [2.45, 2.75) is 6.61 Å². The second-order valence-corrected chi connectivity index (χ2v) is 5.40. The number of halogens is 1. The summed E-state index contributed by atoms with van der Waals surface area (Å²) in [5, 5.41) is 2.69. The van der Waals surface area contributed by atoms with E-state index in [9.17, 15) is 9.18 Å². The van der Waals surface area contributed by atoms with Crippen LogP contribution in [0, 0.1) is 5.82 Å². The minimum Gasteiger partial charge on any atom is -0.487 e. The Kier molecular flexibility index (Phi) is 5.77. The van der Waals surface area contributed by atoms with E-state index in [1.807, 2.05) is 18.2 Å². The highest BCUT2D eigenvalue weighted by molar-refractivity contribution is 5.92. The number of para-hydroxylation sites is 1. The molecule has 0 fully saturated rings. The van der Waals surface area contributed by atoms with Crippen molar-refractivity contribution in [3.63, 3.8) is 0 Å². The Hall–Kier alpha value is -3.41. The lowest BCUT2D eigenvalue weighted by Crippen LogP contribution is -2.20. The SMILES string of the molecule is O=C(COc1ccccc1F)Nc1cccc(OCc2ccccn2)c1. The second-order valence-electron chi connectivity index (χ2n) is 5.40. The molecule has 0 aliphatic carbocycles. The van der Waals surface area contributed by atoms with Gasteiger partial charge in [0.05, 0.1) is 5.69 Å². The molecule has 1 N–H and O–H groups in total. The van der Waals surface area contributed by atoms with Crippen molar-refractivity contribution < 1.29 is 18.7 Å². The lowest BCUT2D eigenvalue weighted by atomic mass is 10.3. The molecule has 1 aromatic heterocycles. The number of carbonyl (C=O) groups is 1. The molecule has 0 radical (unpaired) electrons. The molecule has 6 heteroatoms. The number of nitrogens with one attached hydrogen (secondary N) is 1. The summed E-state index contributed by atoms with van der Waals surface area (Å²) in [6.45, 7) is 0.0363. The van der Waals surface area contributed by atoms with Gasteiger partial charge in [0.1, 0.15) is 12.4 Å². The molecule has 0 saturated heterocycles. The lowest BCUT2D eigenvalue weighted by molar-refractivity contribution is -0.118. The fourth-order valence-electron chi connectivity index (χ4n) is 2.21. The average Bonchev–Trinajstić information content (AvgIpc) is 2.67. The Bertz CT molecular complexity index is 872. The van der Waals surface area contributed by atoms with Crippen LogP contribution in [0.25, 0.3) is 0 Å². The van der Waals surface area contributed by atoms with Gasteiger partial charge in [-0.1, -0.05) is 24.3 Å². The summed E-state index contributed by atoms with van der Waals surface area (Å²) < 4.78 is 24.3. The van der Waals surface area contributed by atoms with Gasteiger partial charge >= 0.3 is 0 Å². The van der Waals surface area contributed by atoms with E-state index in [4.69, 9.17) is 9.47 Å². The van der Waals surface area contributed by atoms with Crippen LogP contribution < -0.4 is 14.8 Å². The highest BCUT2D eigenvalue weighted by atomic mass is 19.1. The van der Waals surface area contributed by atoms with E-state index in [1.165, 1.54) is 12.1 Å². The van der Waals surface area contributed by atoms with Gasteiger partial charge in [0.25, 0.3) is 5.91 Å². The molecule has 0 aliphatic rings. The lowest BCUT2D eigenvalue weighted by Gasteiger charge is -2.10. The van der Waals surface area contributed by atoms with Crippen molar-refractivity contribution in [3.05, 3.63) is 84.4 Å². The zero-order valence-electron chi connectivity index (χ0n) is 13.9. The number of hydrogen-bond acceptors (Lipinski definition) is 4. The Labute approximate surface area is 150 Å². The topological polar surface area (TPSA) is 60.5 Å². The Morgan fingerprint density at radius 1 is 1.00 bits per heavy atom. The van der Waals surface area contributed by atoms with Gasteiger partial charge in [-0.25, -0.2) is 4.39 Å². The first kappa shape index (κ1) is 17.4. The maximum Gasteiger partial charge on any atom is 0.262 e. The minimum atomic E-state index is -0.509. The molecule has 0 aliphatic heterocycles. The van der Waals surface area contributed by atoms with E-state index in [1.54, 1.807) is 42.6 Å². The average molecular weight is 352 g/mol. The number of rotatable bonds is 7. The number of carbonyl (C=O) groups excluding carboxylic acids is 1. The summed E-state index contributed by atoms with van der Waals surface area (Å²) in [5.41, 5.74) is 1.37. The van der Waals surface area contributed by atoms with Gasteiger partial charge in [-0.05, 0) is 36.4 Å². The number of ether oxygens (including phenoxy) is 2. The fraction of sp³-hybridized carbons (Fsp3) is 0.100. The van der Waals surface area contributed by atoms with Crippen LogP contribution in [0.4, 0.5) is 10.1 Å². The molecule has 3 rings (SSSR count). The molecule has 0 atom stereocenters. The van der Waals surface area contributed by atoms with Crippen LogP contribution in [-0.2, 0) is 11.4 Å². The molecule has 1 amide bonds. The first-order chi connectivity index (χ1) is 12.7. The summed E-state index contributed by atoms with van der Waals surface area (Å²) in [6, 6.07) is 18.5. The number of pyridine rings is 1. The Balaban J connectivity index is 1.53. The standard InChI is InChI=1S/C20H17FN2O3/c21-18-9-1-2-10-19(18)26-14-20(24)23-15-7-5-8-17(12-15)25-13-16-6-3-4-11-22-16/h1-12H,13-14H2,(H,23,24). The monoisotopic (exact) mass is 352 g/mol. The third-order valence-electron chi connectivity index (χ3n) is 3.43. The van der Waals surface area contributed by atoms with Gasteiger partial charge in [-0.2, -0.15) is 0 Å². The highest BCUT2D eigenvalue weighted by Gasteiger charge is 2.07. The number of hydrogen-bond donors (Lipinski definition) is 1. The number of anilines is 1. The van der Waals surface area contributed by atoms with Gasteiger partial charge in [-0.3, -0.25) is 9.78 Å². The second kappa shape index (κ2) is 8.62. The number of benzene rings is 2. The van der Waals surface area contributed by atoms with E-state index in [-0.39, 0.29) is 12.4 Å². The summed E-state index contributed by atoms with van der Waals surface area (Å²) in [5.74, 6) is -0.265. The maximum atomic E-state index is 13.5. The minimum absolute atomic E-state index is 0.0371. The van der Waals surface area contributed by atoms with Crippen molar-refractivity contribution in [1.29, 1.82) is 0 Å². The van der Waals surface area contributed by atoms with E-state index < -0.39 is 11.7 Å². The fourth-order valence-corrected chi connectivity index (χ4v) is 2.21. The van der Waals surface area contributed by atoms with E-state index in [0.717, 1.165) is 5.69 Å². The summed E-state index contributed by atoms with van der Waals surface area (Å²) in [7, 11) is 0. The van der Waals surface area contributed by atoms with E-state index in [2.05, 4.69) is 10.3 Å².